The van der Waals surface area contributed by atoms with Crippen LogP contribution >= 0.6 is 11.6 Å². The number of nitrogens with one attached hydrogen (secondary N) is 1. The van der Waals surface area contributed by atoms with Gasteiger partial charge in [0.25, 0.3) is 0 Å². The molecule has 2 aromatic rings. The number of rotatable bonds is 4. The molecule has 21 heavy (non-hydrogen) atoms. The van der Waals surface area contributed by atoms with E-state index in [1.165, 1.54) is 18.2 Å². The standard InChI is InChI=1S/C15H12ClF4N/c1-2-21-15(12-9(16)4-3-5-10(12)17)8-6-7-11(18)14(20)13(8)19/h3-7,15,21H,2H2,1H3. The normalized spacial score (nSPS) is 12.5. The van der Waals surface area contributed by atoms with Crippen molar-refractivity contribution in [3.63, 3.8) is 0 Å². The van der Waals surface area contributed by atoms with Gasteiger partial charge in [0, 0.05) is 16.1 Å². The van der Waals surface area contributed by atoms with E-state index >= 15 is 0 Å². The summed E-state index contributed by atoms with van der Waals surface area (Å²) in [5.41, 5.74) is -0.214. The maximum Gasteiger partial charge on any atom is 0.194 e. The molecule has 6 heteroatoms. The van der Waals surface area contributed by atoms with Gasteiger partial charge in [-0.05, 0) is 24.7 Å². The highest BCUT2D eigenvalue weighted by atomic mass is 35.5. The minimum Gasteiger partial charge on any atom is -0.306 e. The fourth-order valence-electron chi connectivity index (χ4n) is 2.12. The van der Waals surface area contributed by atoms with Crippen molar-refractivity contribution in [2.45, 2.75) is 13.0 Å². The first-order valence-corrected chi connectivity index (χ1v) is 6.65. The molecule has 0 saturated carbocycles. The van der Waals surface area contributed by atoms with Crippen LogP contribution in [0.25, 0.3) is 0 Å². The fraction of sp³-hybridized carbons (Fsp3) is 0.200. The molecule has 112 valence electrons. The summed E-state index contributed by atoms with van der Waals surface area (Å²) in [6.45, 7) is 2.08. The van der Waals surface area contributed by atoms with E-state index < -0.39 is 29.3 Å². The molecule has 2 rings (SSSR count). The fourth-order valence-corrected chi connectivity index (χ4v) is 2.39. The molecule has 0 aliphatic carbocycles. The Balaban J connectivity index is 2.62. The maximum absolute atomic E-state index is 14.0. The minimum atomic E-state index is -1.59. The average molecular weight is 318 g/mol. The van der Waals surface area contributed by atoms with Gasteiger partial charge < -0.3 is 5.32 Å². The highest BCUT2D eigenvalue weighted by molar-refractivity contribution is 6.31. The number of benzene rings is 2. The molecule has 0 spiro atoms. The first-order valence-electron chi connectivity index (χ1n) is 6.28. The van der Waals surface area contributed by atoms with Crippen molar-refractivity contribution >= 4 is 11.6 Å². The van der Waals surface area contributed by atoms with E-state index in [0.29, 0.717) is 6.54 Å². The zero-order chi connectivity index (χ0) is 15.6. The van der Waals surface area contributed by atoms with Crippen LogP contribution in [0.2, 0.25) is 5.02 Å². The molecule has 0 aromatic heterocycles. The number of hydrogen-bond donors (Lipinski definition) is 1. The van der Waals surface area contributed by atoms with Crippen LogP contribution in [0.3, 0.4) is 0 Å². The number of halogens is 5. The van der Waals surface area contributed by atoms with Gasteiger partial charge in [-0.1, -0.05) is 30.7 Å². The van der Waals surface area contributed by atoms with Crippen LogP contribution in [-0.4, -0.2) is 6.54 Å². The topological polar surface area (TPSA) is 12.0 Å². The molecule has 0 bridgehead atoms. The molecular formula is C15H12ClF4N. The van der Waals surface area contributed by atoms with E-state index in [4.69, 9.17) is 11.6 Å². The first-order chi connectivity index (χ1) is 9.97. The first kappa shape index (κ1) is 15.8. The lowest BCUT2D eigenvalue weighted by Crippen LogP contribution is -2.25. The van der Waals surface area contributed by atoms with Crippen LogP contribution in [0.4, 0.5) is 17.6 Å². The van der Waals surface area contributed by atoms with Gasteiger partial charge >= 0.3 is 0 Å². The smallest absolute Gasteiger partial charge is 0.194 e. The molecule has 0 aliphatic heterocycles. The van der Waals surface area contributed by atoms with Crippen LogP contribution in [-0.2, 0) is 0 Å². The Kier molecular flexibility index (Phi) is 4.85. The lowest BCUT2D eigenvalue weighted by molar-refractivity contribution is 0.431. The summed E-state index contributed by atoms with van der Waals surface area (Å²) in [6, 6.07) is 4.88. The van der Waals surface area contributed by atoms with Crippen molar-refractivity contribution in [1.82, 2.24) is 5.32 Å². The lowest BCUT2D eigenvalue weighted by atomic mass is 9.97. The molecule has 0 fully saturated rings. The van der Waals surface area contributed by atoms with E-state index in [1.54, 1.807) is 6.92 Å². The molecule has 0 saturated heterocycles. The Hall–Kier alpha value is -1.59. The summed E-state index contributed by atoms with van der Waals surface area (Å²) in [7, 11) is 0. The Morgan fingerprint density at radius 1 is 1.00 bits per heavy atom. The highest BCUT2D eigenvalue weighted by Gasteiger charge is 2.25. The van der Waals surface area contributed by atoms with Gasteiger partial charge in [0.2, 0.25) is 0 Å². The second kappa shape index (κ2) is 6.45. The van der Waals surface area contributed by atoms with E-state index in [1.807, 2.05) is 0 Å². The third-order valence-electron chi connectivity index (χ3n) is 3.07. The van der Waals surface area contributed by atoms with Crippen LogP contribution in [0, 0.1) is 23.3 Å². The molecule has 1 atom stereocenters. The quantitative estimate of drug-likeness (QED) is 0.642. The van der Waals surface area contributed by atoms with Crippen LogP contribution < -0.4 is 5.32 Å². The van der Waals surface area contributed by atoms with Gasteiger partial charge in [-0.15, -0.1) is 0 Å². The van der Waals surface area contributed by atoms with Gasteiger partial charge in [-0.3, -0.25) is 0 Å². The van der Waals surface area contributed by atoms with E-state index in [0.717, 1.165) is 12.1 Å². The van der Waals surface area contributed by atoms with E-state index in [2.05, 4.69) is 5.32 Å². The van der Waals surface area contributed by atoms with Crippen molar-refractivity contribution in [3.8, 4) is 0 Å². The summed E-state index contributed by atoms with van der Waals surface area (Å²) in [5, 5.41) is 2.90. The Labute approximate surface area is 124 Å². The monoisotopic (exact) mass is 317 g/mol. The Morgan fingerprint density at radius 3 is 2.33 bits per heavy atom. The summed E-state index contributed by atoms with van der Waals surface area (Å²) >= 11 is 5.96. The average Bonchev–Trinajstić information content (AvgIpc) is 2.44. The zero-order valence-electron chi connectivity index (χ0n) is 11.1. The van der Waals surface area contributed by atoms with Gasteiger partial charge in [-0.2, -0.15) is 0 Å². The van der Waals surface area contributed by atoms with Crippen molar-refractivity contribution < 1.29 is 17.6 Å². The molecule has 2 aromatic carbocycles. The lowest BCUT2D eigenvalue weighted by Gasteiger charge is -2.21. The van der Waals surface area contributed by atoms with Gasteiger partial charge in [0.1, 0.15) is 5.82 Å². The second-order valence-electron chi connectivity index (χ2n) is 4.39. The third kappa shape index (κ3) is 3.04. The molecule has 1 nitrogen and oxygen atoms in total. The maximum atomic E-state index is 14.0. The summed E-state index contributed by atoms with van der Waals surface area (Å²) in [4.78, 5) is 0. The highest BCUT2D eigenvalue weighted by Crippen LogP contribution is 2.32. The number of hydrogen-bond acceptors (Lipinski definition) is 1. The summed E-state index contributed by atoms with van der Waals surface area (Å²) in [5.74, 6) is -4.91. The van der Waals surface area contributed by atoms with Crippen LogP contribution in [0.5, 0.6) is 0 Å². The Morgan fingerprint density at radius 2 is 1.71 bits per heavy atom. The van der Waals surface area contributed by atoms with Crippen molar-refractivity contribution in [2.75, 3.05) is 6.54 Å². The molecule has 0 amide bonds. The van der Waals surface area contributed by atoms with Gasteiger partial charge in [-0.25, -0.2) is 17.6 Å². The molecule has 0 aliphatic rings. The van der Waals surface area contributed by atoms with E-state index in [-0.39, 0.29) is 16.1 Å². The van der Waals surface area contributed by atoms with E-state index in [9.17, 15) is 17.6 Å². The molecule has 1 unspecified atom stereocenters. The third-order valence-corrected chi connectivity index (χ3v) is 3.40. The van der Waals surface area contributed by atoms with Crippen LogP contribution in [0.15, 0.2) is 30.3 Å². The second-order valence-corrected chi connectivity index (χ2v) is 4.80. The largest absolute Gasteiger partial charge is 0.306 e. The van der Waals surface area contributed by atoms with Crippen molar-refractivity contribution in [2.24, 2.45) is 0 Å². The predicted molar refractivity (Wildman–Crippen MR) is 73.2 cm³/mol. The minimum absolute atomic E-state index is 0.00840. The predicted octanol–water partition coefficient (Wildman–Crippen LogP) is 4.60. The SMILES string of the molecule is CCNC(c1ccc(F)c(F)c1F)c1c(F)cccc1Cl. The zero-order valence-corrected chi connectivity index (χ0v) is 11.8. The Bertz CT molecular complexity index is 640. The molecular weight excluding hydrogens is 306 g/mol. The van der Waals surface area contributed by atoms with Crippen molar-refractivity contribution in [3.05, 3.63) is 69.8 Å². The summed E-state index contributed by atoms with van der Waals surface area (Å²) in [6.07, 6.45) is 0. The van der Waals surface area contributed by atoms with Gasteiger partial charge in [0.15, 0.2) is 17.5 Å². The van der Waals surface area contributed by atoms with Gasteiger partial charge in [0.05, 0.1) is 6.04 Å². The van der Waals surface area contributed by atoms with Crippen LogP contribution in [0.1, 0.15) is 24.1 Å². The molecule has 1 N–H and O–H groups in total. The summed E-state index contributed by atoms with van der Waals surface area (Å²) < 4.78 is 54.4. The molecule has 0 heterocycles. The van der Waals surface area contributed by atoms with Crippen molar-refractivity contribution in [1.29, 1.82) is 0 Å². The molecule has 0 radical (unpaired) electrons.